The number of nitrogens with zero attached hydrogens (tertiary/aromatic N) is 2. The van der Waals surface area contributed by atoms with Crippen LogP contribution in [0.3, 0.4) is 0 Å². The van der Waals surface area contributed by atoms with Gasteiger partial charge in [0.25, 0.3) is 0 Å². The molecule has 3 aromatic rings. The number of likely N-dealkylation sites (tertiary alicyclic amines) is 1. The fraction of sp³-hybridized carbons (Fsp3) is 0.304. The number of benzene rings is 1. The Morgan fingerprint density at radius 3 is 2.73 bits per heavy atom. The van der Waals surface area contributed by atoms with Crippen LogP contribution >= 0.6 is 22.7 Å². The first-order valence-electron chi connectivity index (χ1n) is 10.6. The number of rotatable bonds is 9. The van der Waals surface area contributed by atoms with Crippen LogP contribution in [0.2, 0.25) is 0 Å². The van der Waals surface area contributed by atoms with Crippen LogP contribution in [0.4, 0.5) is 10.8 Å². The smallest absolute Gasteiger partial charge is 0.234 e. The van der Waals surface area contributed by atoms with Crippen molar-refractivity contribution in [2.45, 2.75) is 38.3 Å². The zero-order chi connectivity index (χ0) is 23.2. The van der Waals surface area contributed by atoms with E-state index in [-0.39, 0.29) is 30.2 Å². The van der Waals surface area contributed by atoms with Crippen molar-refractivity contribution in [2.24, 2.45) is 5.73 Å². The highest BCUT2D eigenvalue weighted by molar-refractivity contribution is 7.14. The molecular formula is C23H25N5O3S2. The standard InChI is InChI=1S/C23H25N5O3S2/c24-22(31)19-7-2-8-28(19)13-15-4-1-5-16(10-15)25-20(29)11-17-14-33-23(26-17)27-21(30)12-18-6-3-9-32-18/h1,3-6,9-10,14,19H,2,7-8,11-13H2,(H2,24,31)(H,25,29)(H,26,27,30). The van der Waals surface area contributed by atoms with Gasteiger partial charge in [-0.15, -0.1) is 22.7 Å². The van der Waals surface area contributed by atoms with Gasteiger partial charge in [-0.3, -0.25) is 19.3 Å². The number of hydrogen-bond acceptors (Lipinski definition) is 7. The molecule has 2 aromatic heterocycles. The Kier molecular flexibility index (Phi) is 7.48. The highest BCUT2D eigenvalue weighted by Gasteiger charge is 2.28. The minimum absolute atomic E-state index is 0.109. The summed E-state index contributed by atoms with van der Waals surface area (Å²) in [4.78, 5) is 43.7. The van der Waals surface area contributed by atoms with E-state index in [4.69, 9.17) is 5.73 Å². The van der Waals surface area contributed by atoms with Crippen LogP contribution in [0.5, 0.6) is 0 Å². The maximum Gasteiger partial charge on any atom is 0.234 e. The van der Waals surface area contributed by atoms with Crippen molar-refractivity contribution < 1.29 is 14.4 Å². The summed E-state index contributed by atoms with van der Waals surface area (Å²) in [5, 5.41) is 9.87. The Labute approximate surface area is 199 Å². The second kappa shape index (κ2) is 10.7. The maximum absolute atomic E-state index is 12.5. The van der Waals surface area contributed by atoms with Gasteiger partial charge in [-0.05, 0) is 48.5 Å². The van der Waals surface area contributed by atoms with E-state index in [1.165, 1.54) is 22.7 Å². The number of primary amides is 1. The molecule has 0 spiro atoms. The van der Waals surface area contributed by atoms with Gasteiger partial charge in [-0.25, -0.2) is 4.98 Å². The van der Waals surface area contributed by atoms with Crippen molar-refractivity contribution in [2.75, 3.05) is 17.2 Å². The third-order valence-electron chi connectivity index (χ3n) is 5.34. The monoisotopic (exact) mass is 483 g/mol. The first-order valence-corrected chi connectivity index (χ1v) is 12.4. The normalized spacial score (nSPS) is 15.9. The Balaban J connectivity index is 1.29. The molecule has 33 heavy (non-hydrogen) atoms. The van der Waals surface area contributed by atoms with E-state index in [1.807, 2.05) is 41.8 Å². The molecule has 8 nitrogen and oxygen atoms in total. The lowest BCUT2D eigenvalue weighted by Crippen LogP contribution is -2.39. The third-order valence-corrected chi connectivity index (χ3v) is 7.03. The van der Waals surface area contributed by atoms with E-state index in [2.05, 4.69) is 20.5 Å². The van der Waals surface area contributed by atoms with Crippen LogP contribution in [-0.4, -0.2) is 40.2 Å². The lowest BCUT2D eigenvalue weighted by atomic mass is 10.1. The Morgan fingerprint density at radius 2 is 1.94 bits per heavy atom. The second-order valence-corrected chi connectivity index (χ2v) is 9.79. The highest BCUT2D eigenvalue weighted by Crippen LogP contribution is 2.22. The van der Waals surface area contributed by atoms with Crippen molar-refractivity contribution >= 4 is 51.2 Å². The summed E-state index contributed by atoms with van der Waals surface area (Å²) >= 11 is 2.83. The first kappa shape index (κ1) is 23.1. The molecular weight excluding hydrogens is 458 g/mol. The number of amides is 3. The van der Waals surface area contributed by atoms with Crippen molar-refractivity contribution in [3.05, 3.63) is 63.3 Å². The molecule has 172 valence electrons. The predicted molar refractivity (Wildman–Crippen MR) is 130 cm³/mol. The summed E-state index contributed by atoms with van der Waals surface area (Å²) in [6.07, 6.45) is 2.16. The van der Waals surface area contributed by atoms with E-state index in [0.29, 0.717) is 29.5 Å². The fourth-order valence-corrected chi connectivity index (χ4v) is 5.30. The molecule has 10 heteroatoms. The first-order chi connectivity index (χ1) is 16.0. The van der Waals surface area contributed by atoms with Gasteiger partial charge in [0.2, 0.25) is 17.7 Å². The van der Waals surface area contributed by atoms with E-state index >= 15 is 0 Å². The summed E-state index contributed by atoms with van der Waals surface area (Å²) in [7, 11) is 0. The number of carbonyl (C=O) groups excluding carboxylic acids is 3. The van der Waals surface area contributed by atoms with Gasteiger partial charge < -0.3 is 16.4 Å². The molecule has 3 heterocycles. The van der Waals surface area contributed by atoms with E-state index < -0.39 is 0 Å². The van der Waals surface area contributed by atoms with Crippen molar-refractivity contribution in [1.29, 1.82) is 0 Å². The molecule has 0 saturated carbocycles. The van der Waals surface area contributed by atoms with Gasteiger partial charge in [0.05, 0.1) is 24.6 Å². The van der Waals surface area contributed by atoms with Crippen molar-refractivity contribution in [3.8, 4) is 0 Å². The Morgan fingerprint density at radius 1 is 1.09 bits per heavy atom. The lowest BCUT2D eigenvalue weighted by Gasteiger charge is -2.22. The molecule has 1 unspecified atom stereocenters. The largest absolute Gasteiger partial charge is 0.368 e. The molecule has 1 aliphatic heterocycles. The number of aromatic nitrogens is 1. The average molecular weight is 484 g/mol. The third kappa shape index (κ3) is 6.47. The highest BCUT2D eigenvalue weighted by atomic mass is 32.1. The molecule has 1 aromatic carbocycles. The summed E-state index contributed by atoms with van der Waals surface area (Å²) in [5.41, 5.74) is 7.79. The quantitative estimate of drug-likeness (QED) is 0.432. The van der Waals surface area contributed by atoms with E-state index in [0.717, 1.165) is 29.8 Å². The molecule has 0 aliphatic carbocycles. The van der Waals surface area contributed by atoms with Gasteiger partial charge in [-0.1, -0.05) is 18.2 Å². The zero-order valence-corrected chi connectivity index (χ0v) is 19.6. The molecule has 0 radical (unpaired) electrons. The van der Waals surface area contributed by atoms with Gasteiger partial charge in [0, 0.05) is 22.5 Å². The Bertz CT molecular complexity index is 1130. The number of carbonyl (C=O) groups is 3. The van der Waals surface area contributed by atoms with Crippen LogP contribution in [0.15, 0.2) is 47.2 Å². The van der Waals surface area contributed by atoms with Crippen LogP contribution < -0.4 is 16.4 Å². The van der Waals surface area contributed by atoms with Crippen molar-refractivity contribution in [3.63, 3.8) is 0 Å². The molecule has 1 aliphatic rings. The molecule has 1 fully saturated rings. The number of anilines is 2. The molecule has 1 atom stereocenters. The number of thiazole rings is 1. The topological polar surface area (TPSA) is 117 Å². The Hall–Kier alpha value is -3.08. The SMILES string of the molecule is NC(=O)C1CCCN1Cc1cccc(NC(=O)Cc2csc(NC(=O)Cc3cccs3)n2)c1. The number of nitrogens with one attached hydrogen (secondary N) is 2. The molecule has 3 amide bonds. The molecule has 4 N–H and O–H groups in total. The van der Waals surface area contributed by atoms with Crippen LogP contribution in [0.1, 0.15) is 29.0 Å². The van der Waals surface area contributed by atoms with Gasteiger partial charge in [0.15, 0.2) is 5.13 Å². The molecule has 0 bridgehead atoms. The molecule has 1 saturated heterocycles. The number of nitrogens with two attached hydrogens (primary N) is 1. The maximum atomic E-state index is 12.5. The van der Waals surface area contributed by atoms with Crippen LogP contribution in [0.25, 0.3) is 0 Å². The summed E-state index contributed by atoms with van der Waals surface area (Å²) in [5.74, 6) is -0.608. The zero-order valence-electron chi connectivity index (χ0n) is 18.0. The second-order valence-electron chi connectivity index (χ2n) is 7.90. The van der Waals surface area contributed by atoms with E-state index in [9.17, 15) is 14.4 Å². The summed E-state index contributed by atoms with van der Waals surface area (Å²) in [6, 6.07) is 11.2. The van der Waals surface area contributed by atoms with Crippen LogP contribution in [-0.2, 0) is 33.8 Å². The van der Waals surface area contributed by atoms with E-state index in [1.54, 1.807) is 5.38 Å². The number of thiophene rings is 1. The minimum Gasteiger partial charge on any atom is -0.368 e. The van der Waals surface area contributed by atoms with Crippen molar-refractivity contribution in [1.82, 2.24) is 9.88 Å². The fourth-order valence-electron chi connectivity index (χ4n) is 3.87. The summed E-state index contributed by atoms with van der Waals surface area (Å²) < 4.78 is 0. The molecule has 4 rings (SSSR count). The lowest BCUT2D eigenvalue weighted by molar-refractivity contribution is -0.122. The average Bonchev–Trinajstić information content (AvgIpc) is 3.51. The predicted octanol–water partition coefficient (Wildman–Crippen LogP) is 3.02. The summed E-state index contributed by atoms with van der Waals surface area (Å²) in [6.45, 7) is 1.44. The minimum atomic E-state index is -0.290. The van der Waals surface area contributed by atoms with Crippen LogP contribution in [0, 0.1) is 0 Å². The van der Waals surface area contributed by atoms with Gasteiger partial charge in [-0.2, -0.15) is 0 Å². The van der Waals surface area contributed by atoms with Gasteiger partial charge in [0.1, 0.15) is 0 Å². The van der Waals surface area contributed by atoms with Gasteiger partial charge >= 0.3 is 0 Å². The number of hydrogen-bond donors (Lipinski definition) is 3.